The van der Waals surface area contributed by atoms with E-state index < -0.39 is 0 Å². The molecule has 2 N–H and O–H groups in total. The molecule has 1 heterocycles. The molecule has 0 aliphatic heterocycles. The third-order valence-electron chi connectivity index (χ3n) is 3.94. The Morgan fingerprint density at radius 2 is 1.81 bits per heavy atom. The zero-order valence-electron chi connectivity index (χ0n) is 13.1. The van der Waals surface area contributed by atoms with Crippen molar-refractivity contribution in [2.45, 2.75) is 45.8 Å². The van der Waals surface area contributed by atoms with Crippen LogP contribution in [0.4, 0.5) is 0 Å². The van der Waals surface area contributed by atoms with E-state index in [1.54, 1.807) is 11.3 Å². The molecule has 0 radical (unpaired) electrons. The molecule has 1 aromatic carbocycles. The second-order valence-corrected chi connectivity index (χ2v) is 5.93. The molecule has 0 unspecified atom stereocenters. The molecule has 0 amide bonds. The second kappa shape index (κ2) is 7.16. The Morgan fingerprint density at radius 1 is 1.14 bits per heavy atom. The lowest BCUT2D eigenvalue weighted by atomic mass is 9.98. The van der Waals surface area contributed by atoms with Gasteiger partial charge in [0.05, 0.1) is 5.69 Å². The molecule has 2 rings (SSSR count). The molecule has 21 heavy (non-hydrogen) atoms. The first kappa shape index (κ1) is 16.1. The van der Waals surface area contributed by atoms with Crippen molar-refractivity contribution in [2.75, 3.05) is 6.61 Å². The van der Waals surface area contributed by atoms with Crippen molar-refractivity contribution in [3.8, 4) is 11.3 Å². The summed E-state index contributed by atoms with van der Waals surface area (Å²) >= 11 is 1.69. The summed E-state index contributed by atoms with van der Waals surface area (Å²) in [5, 5.41) is 3.19. The number of ether oxygens (including phenoxy) is 1. The molecule has 1 aromatic heterocycles. The topological polar surface area (TPSA) is 48.1 Å². The third-order valence-corrected chi connectivity index (χ3v) is 4.97. The van der Waals surface area contributed by atoms with E-state index in [-0.39, 0.29) is 5.60 Å². The molecule has 0 fully saturated rings. The number of nitrogens with two attached hydrogens (primary N) is 1. The highest BCUT2D eigenvalue weighted by Crippen LogP contribution is 2.36. The van der Waals surface area contributed by atoms with Crippen LogP contribution in [0.15, 0.2) is 29.6 Å². The Hall–Kier alpha value is -1.23. The molecule has 0 bridgehead atoms. The van der Waals surface area contributed by atoms with Gasteiger partial charge in [-0.1, -0.05) is 38.1 Å². The van der Waals surface area contributed by atoms with E-state index in [9.17, 15) is 0 Å². The first-order valence-electron chi connectivity index (χ1n) is 7.58. The zero-order chi connectivity index (χ0) is 15.3. The number of hydrogen-bond acceptors (Lipinski definition) is 4. The van der Waals surface area contributed by atoms with Gasteiger partial charge >= 0.3 is 0 Å². The minimum absolute atomic E-state index is 0.241. The van der Waals surface area contributed by atoms with Crippen molar-refractivity contribution in [2.24, 2.45) is 5.73 Å². The van der Waals surface area contributed by atoms with Crippen LogP contribution < -0.4 is 5.73 Å². The van der Waals surface area contributed by atoms with Crippen LogP contribution in [-0.4, -0.2) is 11.6 Å². The summed E-state index contributed by atoms with van der Waals surface area (Å²) in [6.45, 7) is 7.65. The lowest BCUT2D eigenvalue weighted by molar-refractivity contribution is -0.0505. The molecule has 3 nitrogen and oxygen atoms in total. The molecule has 2 aromatic rings. The van der Waals surface area contributed by atoms with Crippen LogP contribution in [0.2, 0.25) is 0 Å². The number of aromatic nitrogens is 1. The molecular formula is C17H24N2OS. The van der Waals surface area contributed by atoms with E-state index in [4.69, 9.17) is 15.5 Å². The normalized spacial score (nSPS) is 11.8. The molecule has 0 aliphatic carbocycles. The lowest BCUT2D eigenvalue weighted by Gasteiger charge is -2.29. The SMILES string of the molecule is CCOC(CC)(CC)c1nc(-c2ccc(CN)cc2)cs1. The van der Waals surface area contributed by atoms with Crippen LogP contribution >= 0.6 is 11.3 Å². The first-order valence-corrected chi connectivity index (χ1v) is 8.46. The van der Waals surface area contributed by atoms with E-state index in [1.807, 2.05) is 6.92 Å². The van der Waals surface area contributed by atoms with Crippen LogP contribution in [0.25, 0.3) is 11.3 Å². The lowest BCUT2D eigenvalue weighted by Crippen LogP contribution is -2.28. The average molecular weight is 304 g/mol. The summed E-state index contributed by atoms with van der Waals surface area (Å²) in [7, 11) is 0. The quantitative estimate of drug-likeness (QED) is 0.828. The Labute approximate surface area is 131 Å². The fourth-order valence-electron chi connectivity index (χ4n) is 2.52. The van der Waals surface area contributed by atoms with Crippen molar-refractivity contribution in [1.82, 2.24) is 4.98 Å². The Kier molecular flexibility index (Phi) is 5.51. The molecule has 0 aliphatic rings. The molecule has 4 heteroatoms. The highest BCUT2D eigenvalue weighted by molar-refractivity contribution is 7.10. The minimum Gasteiger partial charge on any atom is -0.368 e. The van der Waals surface area contributed by atoms with Crippen LogP contribution in [0.5, 0.6) is 0 Å². The van der Waals surface area contributed by atoms with Gasteiger partial charge in [0.15, 0.2) is 0 Å². The maximum Gasteiger partial charge on any atom is 0.125 e. The number of nitrogens with zero attached hydrogens (tertiary/aromatic N) is 1. The average Bonchev–Trinajstić information content (AvgIpc) is 3.03. The molecule has 0 saturated carbocycles. The van der Waals surface area contributed by atoms with Crippen molar-refractivity contribution in [1.29, 1.82) is 0 Å². The third kappa shape index (κ3) is 3.34. The Morgan fingerprint density at radius 3 is 2.33 bits per heavy atom. The van der Waals surface area contributed by atoms with Crippen molar-refractivity contribution < 1.29 is 4.74 Å². The van der Waals surface area contributed by atoms with Gasteiger partial charge in [-0.2, -0.15) is 0 Å². The van der Waals surface area contributed by atoms with E-state index >= 15 is 0 Å². The maximum absolute atomic E-state index is 6.03. The fourth-order valence-corrected chi connectivity index (χ4v) is 3.65. The summed E-state index contributed by atoms with van der Waals surface area (Å²) in [4.78, 5) is 4.83. The summed E-state index contributed by atoms with van der Waals surface area (Å²) in [6, 6.07) is 8.29. The molecule has 0 saturated heterocycles. The van der Waals surface area contributed by atoms with E-state index in [1.165, 1.54) is 0 Å². The number of hydrogen-bond donors (Lipinski definition) is 1. The van der Waals surface area contributed by atoms with Crippen molar-refractivity contribution >= 4 is 11.3 Å². The van der Waals surface area contributed by atoms with Gasteiger partial charge in [-0.25, -0.2) is 4.98 Å². The van der Waals surface area contributed by atoms with Gasteiger partial charge in [0.1, 0.15) is 10.6 Å². The smallest absolute Gasteiger partial charge is 0.125 e. The zero-order valence-corrected chi connectivity index (χ0v) is 13.9. The maximum atomic E-state index is 6.03. The number of rotatable bonds is 7. The molecule has 0 spiro atoms. The summed E-state index contributed by atoms with van der Waals surface area (Å²) in [5.41, 5.74) is 8.69. The van der Waals surface area contributed by atoms with Crippen LogP contribution in [-0.2, 0) is 16.9 Å². The van der Waals surface area contributed by atoms with E-state index in [2.05, 4.69) is 43.5 Å². The summed E-state index contributed by atoms with van der Waals surface area (Å²) in [6.07, 6.45) is 1.88. The minimum atomic E-state index is -0.241. The van der Waals surface area contributed by atoms with Crippen molar-refractivity contribution in [3.63, 3.8) is 0 Å². The summed E-state index contributed by atoms with van der Waals surface area (Å²) < 4.78 is 6.03. The van der Waals surface area contributed by atoms with Gasteiger partial charge in [0, 0.05) is 24.1 Å². The highest BCUT2D eigenvalue weighted by atomic mass is 32.1. The van der Waals surface area contributed by atoms with Gasteiger partial charge in [0.25, 0.3) is 0 Å². The number of benzene rings is 1. The highest BCUT2D eigenvalue weighted by Gasteiger charge is 2.32. The largest absolute Gasteiger partial charge is 0.368 e. The van der Waals surface area contributed by atoms with Crippen LogP contribution in [0.3, 0.4) is 0 Å². The number of thiazole rings is 1. The fraction of sp³-hybridized carbons (Fsp3) is 0.471. The monoisotopic (exact) mass is 304 g/mol. The van der Waals surface area contributed by atoms with Crippen LogP contribution in [0, 0.1) is 0 Å². The predicted octanol–water partition coefficient (Wildman–Crippen LogP) is 4.32. The molecule has 0 atom stereocenters. The van der Waals surface area contributed by atoms with E-state index in [0.717, 1.165) is 34.7 Å². The van der Waals surface area contributed by atoms with E-state index in [0.29, 0.717) is 13.2 Å². The van der Waals surface area contributed by atoms with Gasteiger partial charge in [-0.3, -0.25) is 0 Å². The van der Waals surface area contributed by atoms with Gasteiger partial charge in [-0.15, -0.1) is 11.3 Å². The van der Waals surface area contributed by atoms with Crippen molar-refractivity contribution in [3.05, 3.63) is 40.2 Å². The summed E-state index contributed by atoms with van der Waals surface area (Å²) in [5.74, 6) is 0. The Balaban J connectivity index is 2.31. The first-order chi connectivity index (χ1) is 10.2. The second-order valence-electron chi connectivity index (χ2n) is 5.07. The van der Waals surface area contributed by atoms with Gasteiger partial charge < -0.3 is 10.5 Å². The predicted molar refractivity (Wildman–Crippen MR) is 89.3 cm³/mol. The molecular weight excluding hydrogens is 280 g/mol. The standard InChI is InChI=1S/C17H24N2OS/c1-4-17(5-2,20-6-3)16-19-15(12-21-16)14-9-7-13(11-18)8-10-14/h7-10,12H,4-6,11,18H2,1-3H3. The molecule has 114 valence electrons. The van der Waals surface area contributed by atoms with Gasteiger partial charge in [0.2, 0.25) is 0 Å². The van der Waals surface area contributed by atoms with Crippen LogP contribution in [0.1, 0.15) is 44.2 Å². The van der Waals surface area contributed by atoms with Gasteiger partial charge in [-0.05, 0) is 25.3 Å². The Bertz CT molecular complexity index is 558.